The van der Waals surface area contributed by atoms with Gasteiger partial charge in [-0.2, -0.15) is 0 Å². The summed E-state index contributed by atoms with van der Waals surface area (Å²) in [5, 5.41) is 2.95. The lowest BCUT2D eigenvalue weighted by Gasteiger charge is -2.61. The highest BCUT2D eigenvalue weighted by molar-refractivity contribution is 5.81. The lowest BCUT2D eigenvalue weighted by Crippen LogP contribution is -2.78. The fourth-order valence-electron chi connectivity index (χ4n) is 5.26. The van der Waals surface area contributed by atoms with Crippen LogP contribution >= 0.6 is 0 Å². The summed E-state index contributed by atoms with van der Waals surface area (Å²) in [6.07, 6.45) is 5.99. The Morgan fingerprint density at radius 2 is 2.00 bits per heavy atom. The molecule has 4 heterocycles. The molecule has 3 saturated heterocycles. The molecule has 4 aliphatic rings. The van der Waals surface area contributed by atoms with Crippen molar-refractivity contribution in [3.8, 4) is 0 Å². The van der Waals surface area contributed by atoms with Gasteiger partial charge in [0.05, 0.1) is 18.3 Å². The molecule has 0 unspecified atom stereocenters. The first-order valence-corrected chi connectivity index (χ1v) is 9.46. The van der Waals surface area contributed by atoms with Gasteiger partial charge in [0.2, 0.25) is 5.91 Å². The molecule has 0 atom stereocenters. The zero-order chi connectivity index (χ0) is 18.6. The van der Waals surface area contributed by atoms with Crippen molar-refractivity contribution in [3.05, 3.63) is 29.8 Å². The molecule has 5 rings (SSSR count). The number of nitrogens with one attached hydrogen (secondary N) is 1. The molecule has 1 N–H and O–H groups in total. The average molecular weight is 374 g/mol. The van der Waals surface area contributed by atoms with Crippen molar-refractivity contribution in [2.45, 2.75) is 24.8 Å². The molecular weight excluding hydrogens is 351 g/mol. The van der Waals surface area contributed by atoms with E-state index in [0.717, 1.165) is 37.9 Å². The second-order valence-electron chi connectivity index (χ2n) is 8.81. The minimum Gasteiger partial charge on any atom is -0.369 e. The lowest BCUT2D eigenvalue weighted by molar-refractivity contribution is -0.142. The van der Waals surface area contributed by atoms with Crippen molar-refractivity contribution < 1.29 is 18.7 Å². The fraction of sp³-hybridized carbons (Fsp3) is 0.632. The van der Waals surface area contributed by atoms with E-state index in [9.17, 15) is 14.0 Å². The van der Waals surface area contributed by atoms with Crippen LogP contribution in [0.1, 0.15) is 18.4 Å². The van der Waals surface area contributed by atoms with E-state index in [4.69, 9.17) is 4.74 Å². The number of urea groups is 1. The van der Waals surface area contributed by atoms with E-state index < -0.39 is 0 Å². The van der Waals surface area contributed by atoms with Crippen molar-refractivity contribution >= 4 is 11.9 Å². The number of halogens is 1. The van der Waals surface area contributed by atoms with E-state index in [1.54, 1.807) is 17.2 Å². The Hall–Kier alpha value is -2.22. The molecule has 1 aliphatic carbocycles. The van der Waals surface area contributed by atoms with Gasteiger partial charge in [-0.3, -0.25) is 9.78 Å². The molecular formula is C19H23FN4O3. The highest BCUT2D eigenvalue weighted by Crippen LogP contribution is 2.53. The summed E-state index contributed by atoms with van der Waals surface area (Å²) in [5.74, 6) is 0.159. The summed E-state index contributed by atoms with van der Waals surface area (Å²) in [5.41, 5.74) is 0.824. The molecule has 1 aromatic rings. The third-order valence-corrected chi connectivity index (χ3v) is 6.33. The van der Waals surface area contributed by atoms with Gasteiger partial charge in [0, 0.05) is 37.8 Å². The van der Waals surface area contributed by atoms with Crippen molar-refractivity contribution in [1.29, 1.82) is 0 Å². The molecule has 1 saturated carbocycles. The molecule has 4 fully saturated rings. The van der Waals surface area contributed by atoms with Gasteiger partial charge in [0.15, 0.2) is 0 Å². The van der Waals surface area contributed by atoms with E-state index in [1.165, 1.54) is 6.20 Å². The Balaban J connectivity index is 1.07. The molecule has 2 spiro atoms. The van der Waals surface area contributed by atoms with Crippen LogP contribution in [-0.4, -0.2) is 71.7 Å². The summed E-state index contributed by atoms with van der Waals surface area (Å²) >= 11 is 0. The van der Waals surface area contributed by atoms with Gasteiger partial charge >= 0.3 is 6.03 Å². The predicted octanol–water partition coefficient (Wildman–Crippen LogP) is 0.796. The Morgan fingerprint density at radius 1 is 1.26 bits per heavy atom. The summed E-state index contributed by atoms with van der Waals surface area (Å²) in [6, 6.07) is 1.62. The van der Waals surface area contributed by atoms with Crippen LogP contribution < -0.4 is 5.32 Å². The summed E-state index contributed by atoms with van der Waals surface area (Å²) in [7, 11) is 0. The highest BCUT2D eigenvalue weighted by atomic mass is 19.1. The summed E-state index contributed by atoms with van der Waals surface area (Å²) < 4.78 is 18.5. The maximum absolute atomic E-state index is 13.2. The van der Waals surface area contributed by atoms with Crippen LogP contribution in [0, 0.1) is 17.2 Å². The van der Waals surface area contributed by atoms with Crippen LogP contribution in [0.25, 0.3) is 0 Å². The number of rotatable bonds is 2. The second kappa shape index (κ2) is 5.89. The van der Waals surface area contributed by atoms with Gasteiger partial charge in [0.1, 0.15) is 12.4 Å². The van der Waals surface area contributed by atoms with Crippen molar-refractivity contribution in [1.82, 2.24) is 20.1 Å². The standard InChI is InChI=1S/C19H23FN4O3/c20-15-2-13(5-21-6-15)1-14-3-18(4-14)8-23(9-18)17(26)24-10-19(11-24)12-27-7-16(25)22-19/h2,5-6,14H,1,3-4,7-12H2,(H,22,25). The van der Waals surface area contributed by atoms with Gasteiger partial charge in [-0.05, 0) is 36.8 Å². The number of pyridine rings is 1. The fourth-order valence-corrected chi connectivity index (χ4v) is 5.26. The van der Waals surface area contributed by atoms with Crippen molar-refractivity contribution in [2.75, 3.05) is 39.4 Å². The number of carbonyl (C=O) groups excluding carboxylic acids is 2. The van der Waals surface area contributed by atoms with Crippen LogP contribution in [0.2, 0.25) is 0 Å². The number of likely N-dealkylation sites (tertiary alicyclic amines) is 2. The largest absolute Gasteiger partial charge is 0.369 e. The van der Waals surface area contributed by atoms with Gasteiger partial charge in [-0.25, -0.2) is 9.18 Å². The van der Waals surface area contributed by atoms with Crippen molar-refractivity contribution in [2.24, 2.45) is 11.3 Å². The highest BCUT2D eigenvalue weighted by Gasteiger charge is 2.56. The Morgan fingerprint density at radius 3 is 2.70 bits per heavy atom. The van der Waals surface area contributed by atoms with Crippen LogP contribution in [0.5, 0.6) is 0 Å². The quantitative estimate of drug-likeness (QED) is 0.831. The molecule has 0 aromatic carbocycles. The minimum absolute atomic E-state index is 0.0591. The second-order valence-corrected chi connectivity index (χ2v) is 8.81. The SMILES string of the molecule is O=C1COCC2(CN(C(=O)N3CC4(CC(Cc5cncc(F)c5)C4)C3)C2)N1. The molecule has 7 nitrogen and oxygen atoms in total. The molecule has 3 aliphatic heterocycles. The predicted molar refractivity (Wildman–Crippen MR) is 93.3 cm³/mol. The number of hydrogen-bond donors (Lipinski definition) is 1. The first kappa shape index (κ1) is 16.9. The molecule has 1 aromatic heterocycles. The first-order chi connectivity index (χ1) is 12.9. The average Bonchev–Trinajstić information content (AvgIpc) is 2.53. The van der Waals surface area contributed by atoms with Crippen LogP contribution in [0.4, 0.5) is 9.18 Å². The molecule has 144 valence electrons. The van der Waals surface area contributed by atoms with Gasteiger partial charge in [-0.1, -0.05) is 0 Å². The molecule has 0 bridgehead atoms. The van der Waals surface area contributed by atoms with Crippen LogP contribution in [0.15, 0.2) is 18.5 Å². The van der Waals surface area contributed by atoms with Gasteiger partial charge < -0.3 is 19.9 Å². The minimum atomic E-state index is -0.381. The van der Waals surface area contributed by atoms with E-state index in [2.05, 4.69) is 10.3 Å². The topological polar surface area (TPSA) is 74.8 Å². The smallest absolute Gasteiger partial charge is 0.320 e. The van der Waals surface area contributed by atoms with E-state index >= 15 is 0 Å². The van der Waals surface area contributed by atoms with Gasteiger partial charge in [0.25, 0.3) is 0 Å². The molecule has 27 heavy (non-hydrogen) atoms. The number of hydrogen-bond acceptors (Lipinski definition) is 4. The monoisotopic (exact) mass is 374 g/mol. The summed E-state index contributed by atoms with van der Waals surface area (Å²) in [6.45, 7) is 3.24. The normalized spacial score (nSPS) is 25.6. The lowest BCUT2D eigenvalue weighted by atomic mass is 9.56. The third-order valence-electron chi connectivity index (χ3n) is 6.33. The van der Waals surface area contributed by atoms with Crippen LogP contribution in [0.3, 0.4) is 0 Å². The molecule has 0 radical (unpaired) electrons. The third kappa shape index (κ3) is 2.96. The molecule has 8 heteroatoms. The number of morpholine rings is 1. The maximum Gasteiger partial charge on any atom is 0.320 e. The van der Waals surface area contributed by atoms with E-state index in [-0.39, 0.29) is 35.3 Å². The number of ether oxygens (including phenoxy) is 1. The number of aromatic nitrogens is 1. The number of carbonyl (C=O) groups is 2. The summed E-state index contributed by atoms with van der Waals surface area (Å²) in [4.78, 5) is 31.7. The Bertz CT molecular complexity index is 781. The zero-order valence-electron chi connectivity index (χ0n) is 15.1. The number of nitrogens with zero attached hydrogens (tertiary/aromatic N) is 3. The Kier molecular flexibility index (Phi) is 3.69. The zero-order valence-corrected chi connectivity index (χ0v) is 15.1. The van der Waals surface area contributed by atoms with E-state index in [0.29, 0.717) is 25.6 Å². The number of amides is 3. The van der Waals surface area contributed by atoms with E-state index in [1.807, 2.05) is 4.90 Å². The molecule has 3 amide bonds. The van der Waals surface area contributed by atoms with Crippen LogP contribution in [-0.2, 0) is 16.0 Å². The maximum atomic E-state index is 13.2. The van der Waals surface area contributed by atoms with Crippen molar-refractivity contribution in [3.63, 3.8) is 0 Å². The Labute approximate surface area is 156 Å². The van der Waals surface area contributed by atoms with Gasteiger partial charge in [-0.15, -0.1) is 0 Å². The first-order valence-electron chi connectivity index (χ1n) is 9.46.